The molecule has 0 radical (unpaired) electrons. The molecule has 0 aliphatic carbocycles. The molecule has 82 valence electrons. The van der Waals surface area contributed by atoms with Gasteiger partial charge >= 0.3 is 5.97 Å². The summed E-state index contributed by atoms with van der Waals surface area (Å²) >= 11 is 3.31. The Balaban J connectivity index is 2.83. The molecule has 0 spiro atoms. The maximum Gasteiger partial charge on any atom is 0.323 e. The fraction of sp³-hybridized carbons (Fsp3) is 0.400. The highest BCUT2D eigenvalue weighted by Gasteiger charge is 2.10. The van der Waals surface area contributed by atoms with Gasteiger partial charge in [0.25, 0.3) is 0 Å². The minimum Gasteiger partial charge on any atom is -0.480 e. The zero-order chi connectivity index (χ0) is 11.3. The number of aliphatic carboxylic acids is 1. The predicted molar refractivity (Wildman–Crippen MR) is 62.1 cm³/mol. The molecule has 1 rings (SSSR count). The van der Waals surface area contributed by atoms with E-state index in [0.29, 0.717) is 6.54 Å². The van der Waals surface area contributed by atoms with E-state index in [1.165, 1.54) is 0 Å². The lowest BCUT2D eigenvalue weighted by Crippen LogP contribution is -2.30. The van der Waals surface area contributed by atoms with E-state index in [-0.39, 0.29) is 6.54 Å². The van der Waals surface area contributed by atoms with Crippen LogP contribution < -0.4 is 4.90 Å². The van der Waals surface area contributed by atoms with Gasteiger partial charge in [-0.05, 0) is 28.4 Å². The van der Waals surface area contributed by atoms with Crippen molar-refractivity contribution in [2.45, 2.75) is 13.3 Å². The van der Waals surface area contributed by atoms with Crippen LogP contribution in [0.3, 0.4) is 0 Å². The van der Waals surface area contributed by atoms with Crippen molar-refractivity contribution < 1.29 is 9.90 Å². The first-order valence-electron chi connectivity index (χ1n) is 4.70. The highest BCUT2D eigenvalue weighted by molar-refractivity contribution is 9.10. The van der Waals surface area contributed by atoms with E-state index in [1.54, 1.807) is 17.3 Å². The minimum atomic E-state index is -0.830. The van der Waals surface area contributed by atoms with Crippen molar-refractivity contribution in [2.24, 2.45) is 0 Å². The molecule has 0 atom stereocenters. The number of carboxylic acids is 1. The Labute approximate surface area is 97.1 Å². The second-order valence-corrected chi connectivity index (χ2v) is 4.09. The first kappa shape index (κ1) is 12.0. The number of carboxylic acid groups (broad SMARTS) is 1. The summed E-state index contributed by atoms with van der Waals surface area (Å²) in [6, 6.07) is 1.87. The van der Waals surface area contributed by atoms with Gasteiger partial charge in [-0.15, -0.1) is 0 Å². The molecule has 0 saturated carbocycles. The molecule has 1 aromatic heterocycles. The van der Waals surface area contributed by atoms with Crippen LogP contribution in [0.4, 0.5) is 5.69 Å². The van der Waals surface area contributed by atoms with Crippen LogP contribution >= 0.6 is 15.9 Å². The van der Waals surface area contributed by atoms with E-state index in [2.05, 4.69) is 20.9 Å². The molecule has 0 amide bonds. The summed E-state index contributed by atoms with van der Waals surface area (Å²) < 4.78 is 0.853. The second-order valence-electron chi connectivity index (χ2n) is 3.18. The van der Waals surface area contributed by atoms with Gasteiger partial charge in [-0.2, -0.15) is 0 Å². The number of pyridine rings is 1. The third kappa shape index (κ3) is 3.87. The summed E-state index contributed by atoms with van der Waals surface area (Å²) in [6.07, 6.45) is 4.25. The first-order valence-corrected chi connectivity index (χ1v) is 5.50. The van der Waals surface area contributed by atoms with Gasteiger partial charge < -0.3 is 10.0 Å². The highest BCUT2D eigenvalue weighted by Crippen LogP contribution is 2.18. The predicted octanol–water partition coefficient (Wildman–Crippen LogP) is 2.15. The normalized spacial score (nSPS) is 10.0. The number of anilines is 1. The minimum absolute atomic E-state index is 0.00593. The standard InChI is InChI=1S/C10H13BrN2O2/c1-2-3-13(7-10(14)15)9-4-8(11)5-12-6-9/h4-6H,2-3,7H2,1H3,(H,14,15). The van der Waals surface area contributed by atoms with Crippen LogP contribution in [0.25, 0.3) is 0 Å². The maximum absolute atomic E-state index is 10.7. The number of halogens is 1. The maximum atomic E-state index is 10.7. The molecule has 4 nitrogen and oxygen atoms in total. The van der Waals surface area contributed by atoms with Gasteiger partial charge in [0.05, 0.1) is 11.9 Å². The average Bonchev–Trinajstić information content (AvgIpc) is 2.16. The Bertz CT molecular complexity index is 344. The van der Waals surface area contributed by atoms with Gasteiger partial charge in [-0.1, -0.05) is 6.92 Å². The van der Waals surface area contributed by atoms with E-state index in [9.17, 15) is 4.79 Å². The molecule has 1 aromatic rings. The first-order chi connectivity index (χ1) is 7.13. The summed E-state index contributed by atoms with van der Waals surface area (Å²) in [7, 11) is 0. The van der Waals surface area contributed by atoms with Crippen molar-refractivity contribution in [1.82, 2.24) is 4.98 Å². The zero-order valence-electron chi connectivity index (χ0n) is 8.48. The van der Waals surface area contributed by atoms with Crippen LogP contribution in [0.15, 0.2) is 22.9 Å². The fourth-order valence-corrected chi connectivity index (χ4v) is 1.66. The molecule has 0 bridgehead atoms. The quantitative estimate of drug-likeness (QED) is 0.893. The summed E-state index contributed by atoms with van der Waals surface area (Å²) in [5, 5.41) is 8.77. The van der Waals surface area contributed by atoms with Crippen molar-refractivity contribution in [2.75, 3.05) is 18.0 Å². The SMILES string of the molecule is CCCN(CC(=O)O)c1cncc(Br)c1. The summed E-state index contributed by atoms with van der Waals surface area (Å²) in [4.78, 5) is 16.5. The summed E-state index contributed by atoms with van der Waals surface area (Å²) in [5.74, 6) is -0.830. The molecule has 0 fully saturated rings. The third-order valence-electron chi connectivity index (χ3n) is 1.88. The van der Waals surface area contributed by atoms with E-state index < -0.39 is 5.97 Å². The fourth-order valence-electron chi connectivity index (χ4n) is 1.31. The van der Waals surface area contributed by atoms with Crippen molar-refractivity contribution in [1.29, 1.82) is 0 Å². The topological polar surface area (TPSA) is 53.4 Å². The molecule has 0 unspecified atom stereocenters. The van der Waals surface area contributed by atoms with E-state index >= 15 is 0 Å². The smallest absolute Gasteiger partial charge is 0.323 e. The Morgan fingerprint density at radius 3 is 2.87 bits per heavy atom. The molecular weight excluding hydrogens is 260 g/mol. The molecule has 5 heteroatoms. The molecule has 0 aliphatic rings. The molecule has 0 saturated heterocycles. The lowest BCUT2D eigenvalue weighted by atomic mass is 10.3. The van der Waals surface area contributed by atoms with Crippen LogP contribution in [-0.4, -0.2) is 29.1 Å². The number of aromatic nitrogens is 1. The second kappa shape index (κ2) is 5.70. The Hall–Kier alpha value is -1.10. The van der Waals surface area contributed by atoms with Crippen molar-refractivity contribution in [3.05, 3.63) is 22.9 Å². The molecular formula is C10H13BrN2O2. The van der Waals surface area contributed by atoms with Gasteiger partial charge in [0.2, 0.25) is 0 Å². The summed E-state index contributed by atoms with van der Waals surface area (Å²) in [5.41, 5.74) is 0.827. The van der Waals surface area contributed by atoms with Gasteiger partial charge in [0.1, 0.15) is 6.54 Å². The monoisotopic (exact) mass is 272 g/mol. The molecule has 15 heavy (non-hydrogen) atoms. The van der Waals surface area contributed by atoms with E-state index in [1.807, 2.05) is 13.0 Å². The van der Waals surface area contributed by atoms with E-state index in [4.69, 9.17) is 5.11 Å². The van der Waals surface area contributed by atoms with Crippen LogP contribution in [0, 0.1) is 0 Å². The summed E-state index contributed by atoms with van der Waals surface area (Å²) in [6.45, 7) is 2.73. The lowest BCUT2D eigenvalue weighted by Gasteiger charge is -2.21. The van der Waals surface area contributed by atoms with Crippen LogP contribution in [-0.2, 0) is 4.79 Å². The van der Waals surface area contributed by atoms with Crippen molar-refractivity contribution in [3.63, 3.8) is 0 Å². The Morgan fingerprint density at radius 1 is 1.60 bits per heavy atom. The highest BCUT2D eigenvalue weighted by atomic mass is 79.9. The Kier molecular flexibility index (Phi) is 4.55. The molecule has 0 aromatic carbocycles. The number of carbonyl (C=O) groups is 1. The van der Waals surface area contributed by atoms with Crippen LogP contribution in [0.5, 0.6) is 0 Å². The van der Waals surface area contributed by atoms with Crippen LogP contribution in [0.2, 0.25) is 0 Å². The average molecular weight is 273 g/mol. The third-order valence-corrected chi connectivity index (χ3v) is 2.31. The van der Waals surface area contributed by atoms with Gasteiger partial charge in [0, 0.05) is 17.2 Å². The number of hydrogen-bond donors (Lipinski definition) is 1. The molecule has 1 N–H and O–H groups in total. The van der Waals surface area contributed by atoms with Crippen molar-refractivity contribution in [3.8, 4) is 0 Å². The largest absolute Gasteiger partial charge is 0.480 e. The van der Waals surface area contributed by atoms with Gasteiger partial charge in [-0.25, -0.2) is 0 Å². The van der Waals surface area contributed by atoms with E-state index in [0.717, 1.165) is 16.6 Å². The Morgan fingerprint density at radius 2 is 2.33 bits per heavy atom. The van der Waals surface area contributed by atoms with Gasteiger partial charge in [-0.3, -0.25) is 9.78 Å². The van der Waals surface area contributed by atoms with Crippen LogP contribution in [0.1, 0.15) is 13.3 Å². The number of hydrogen-bond acceptors (Lipinski definition) is 3. The number of rotatable bonds is 5. The zero-order valence-corrected chi connectivity index (χ0v) is 10.1. The number of nitrogens with zero attached hydrogens (tertiary/aromatic N) is 2. The van der Waals surface area contributed by atoms with Gasteiger partial charge in [0.15, 0.2) is 0 Å². The lowest BCUT2D eigenvalue weighted by molar-refractivity contribution is -0.135. The molecule has 0 aliphatic heterocycles. The molecule has 1 heterocycles. The van der Waals surface area contributed by atoms with Crippen molar-refractivity contribution >= 4 is 27.6 Å².